The molecular formula is C22H24N4O3. The van der Waals surface area contributed by atoms with Gasteiger partial charge in [0.05, 0.1) is 27.5 Å². The van der Waals surface area contributed by atoms with E-state index < -0.39 is 0 Å². The van der Waals surface area contributed by atoms with Crippen molar-refractivity contribution in [3.8, 4) is 29.6 Å². The molecule has 0 spiro atoms. The Morgan fingerprint density at radius 2 is 1.86 bits per heavy atom. The Morgan fingerprint density at radius 3 is 2.45 bits per heavy atom. The molecule has 0 fully saturated rings. The van der Waals surface area contributed by atoms with Gasteiger partial charge in [-0.1, -0.05) is 6.58 Å². The molecule has 29 heavy (non-hydrogen) atoms. The summed E-state index contributed by atoms with van der Waals surface area (Å²) < 4.78 is 18.4. The van der Waals surface area contributed by atoms with Crippen molar-refractivity contribution in [2.75, 3.05) is 21.3 Å². The first-order valence-corrected chi connectivity index (χ1v) is 9.22. The van der Waals surface area contributed by atoms with E-state index in [4.69, 9.17) is 25.6 Å². The molecule has 0 aliphatic rings. The standard InChI is InChI=1S/C22H24N4O3/c1-6-8-9-10-26-20(24-16-14-23-19(7-2)25-22(16)26)13-15-11-17(27-3)21(29-5)18(12-15)28-4/h1,7,11-12,14H,2,8-10,13H2,3-5H3. The number of aryl methyl sites for hydroxylation is 1. The van der Waals surface area contributed by atoms with Gasteiger partial charge in [0.25, 0.3) is 0 Å². The molecule has 150 valence electrons. The van der Waals surface area contributed by atoms with Crippen LogP contribution in [0.5, 0.6) is 17.2 Å². The van der Waals surface area contributed by atoms with E-state index in [0.29, 0.717) is 42.5 Å². The van der Waals surface area contributed by atoms with Gasteiger partial charge >= 0.3 is 0 Å². The lowest BCUT2D eigenvalue weighted by Crippen LogP contribution is -2.07. The lowest BCUT2D eigenvalue weighted by atomic mass is 10.1. The summed E-state index contributed by atoms with van der Waals surface area (Å²) in [4.78, 5) is 13.6. The summed E-state index contributed by atoms with van der Waals surface area (Å²) >= 11 is 0. The highest BCUT2D eigenvalue weighted by molar-refractivity contribution is 5.71. The van der Waals surface area contributed by atoms with Gasteiger partial charge in [0.1, 0.15) is 11.3 Å². The second kappa shape index (κ2) is 9.11. The topological polar surface area (TPSA) is 71.3 Å². The van der Waals surface area contributed by atoms with Crippen LogP contribution < -0.4 is 14.2 Å². The largest absolute Gasteiger partial charge is 0.493 e. The molecule has 0 aliphatic heterocycles. The fourth-order valence-corrected chi connectivity index (χ4v) is 3.21. The van der Waals surface area contributed by atoms with Crippen molar-refractivity contribution in [3.05, 3.63) is 42.1 Å². The molecule has 3 aromatic rings. The third-order valence-electron chi connectivity index (χ3n) is 4.56. The summed E-state index contributed by atoms with van der Waals surface area (Å²) in [7, 11) is 4.78. The molecule has 0 N–H and O–H groups in total. The fraction of sp³-hybridized carbons (Fsp3) is 0.318. The van der Waals surface area contributed by atoms with Crippen LogP contribution in [0, 0.1) is 12.3 Å². The van der Waals surface area contributed by atoms with Crippen LogP contribution in [0.3, 0.4) is 0 Å². The van der Waals surface area contributed by atoms with Crippen LogP contribution in [-0.2, 0) is 13.0 Å². The van der Waals surface area contributed by atoms with Gasteiger partial charge in [0.15, 0.2) is 23.0 Å². The van der Waals surface area contributed by atoms with E-state index in [2.05, 4.69) is 27.0 Å². The van der Waals surface area contributed by atoms with Crippen molar-refractivity contribution in [2.24, 2.45) is 0 Å². The first-order chi connectivity index (χ1) is 14.1. The van der Waals surface area contributed by atoms with Crippen LogP contribution in [0.2, 0.25) is 0 Å². The van der Waals surface area contributed by atoms with Crippen molar-refractivity contribution in [3.63, 3.8) is 0 Å². The molecule has 0 radical (unpaired) electrons. The van der Waals surface area contributed by atoms with Gasteiger partial charge in [-0.25, -0.2) is 15.0 Å². The predicted molar refractivity (Wildman–Crippen MR) is 112 cm³/mol. The average Bonchev–Trinajstić information content (AvgIpc) is 3.09. The number of imidazole rings is 1. The Bertz CT molecular complexity index is 1040. The SMILES string of the molecule is C#CCCCn1c(Cc2cc(OC)c(OC)c(OC)c2)nc2cnc(C=C)nc21. The third-order valence-corrected chi connectivity index (χ3v) is 4.56. The number of hydrogen-bond donors (Lipinski definition) is 0. The number of unbranched alkanes of at least 4 members (excludes halogenated alkanes) is 1. The summed E-state index contributed by atoms with van der Waals surface area (Å²) in [6.45, 7) is 4.47. The van der Waals surface area contributed by atoms with Gasteiger partial charge in [-0.3, -0.25) is 0 Å². The second-order valence-electron chi connectivity index (χ2n) is 6.34. The van der Waals surface area contributed by atoms with Crippen molar-refractivity contribution in [2.45, 2.75) is 25.8 Å². The molecule has 0 saturated heterocycles. The van der Waals surface area contributed by atoms with Gasteiger partial charge in [-0.05, 0) is 30.2 Å². The Balaban J connectivity index is 2.06. The maximum absolute atomic E-state index is 5.47. The number of methoxy groups -OCH3 is 3. The van der Waals surface area contributed by atoms with E-state index in [1.54, 1.807) is 33.6 Å². The molecule has 1 aromatic carbocycles. The number of terminal acetylenes is 1. The summed E-state index contributed by atoms with van der Waals surface area (Å²) in [5.74, 6) is 5.87. The highest BCUT2D eigenvalue weighted by Gasteiger charge is 2.17. The van der Waals surface area contributed by atoms with Gasteiger partial charge in [-0.2, -0.15) is 0 Å². The molecule has 7 nitrogen and oxygen atoms in total. The minimum absolute atomic E-state index is 0.558. The summed E-state index contributed by atoms with van der Waals surface area (Å²) in [5, 5.41) is 0. The zero-order chi connectivity index (χ0) is 20.8. The summed E-state index contributed by atoms with van der Waals surface area (Å²) in [6.07, 6.45) is 10.8. The third kappa shape index (κ3) is 4.16. The normalized spacial score (nSPS) is 10.6. The number of rotatable bonds is 9. The Labute approximate surface area is 170 Å². The molecule has 2 aromatic heterocycles. The minimum Gasteiger partial charge on any atom is -0.493 e. The Hall–Kier alpha value is -3.53. The average molecular weight is 392 g/mol. The first-order valence-electron chi connectivity index (χ1n) is 9.22. The number of fused-ring (bicyclic) bond motifs is 1. The van der Waals surface area contributed by atoms with Gasteiger partial charge in [-0.15, -0.1) is 12.3 Å². The fourth-order valence-electron chi connectivity index (χ4n) is 3.21. The number of nitrogens with zero attached hydrogens (tertiary/aromatic N) is 4. The van der Waals surface area contributed by atoms with Crippen LogP contribution in [0.1, 0.15) is 30.1 Å². The highest BCUT2D eigenvalue weighted by Crippen LogP contribution is 2.38. The van der Waals surface area contributed by atoms with E-state index in [1.165, 1.54) is 0 Å². The number of aromatic nitrogens is 4. The predicted octanol–water partition coefficient (Wildman–Crippen LogP) is 3.50. The van der Waals surface area contributed by atoms with Gasteiger partial charge in [0, 0.05) is 19.4 Å². The molecule has 7 heteroatoms. The Kier molecular flexibility index (Phi) is 6.35. The maximum Gasteiger partial charge on any atom is 0.203 e. The molecule has 0 saturated carbocycles. The van der Waals surface area contributed by atoms with Crippen LogP contribution in [0.15, 0.2) is 24.9 Å². The van der Waals surface area contributed by atoms with Crippen molar-refractivity contribution < 1.29 is 14.2 Å². The lowest BCUT2D eigenvalue weighted by Gasteiger charge is -2.14. The Morgan fingerprint density at radius 1 is 1.14 bits per heavy atom. The van der Waals surface area contributed by atoms with E-state index in [-0.39, 0.29) is 0 Å². The van der Waals surface area contributed by atoms with E-state index in [9.17, 15) is 0 Å². The second-order valence-corrected chi connectivity index (χ2v) is 6.34. The van der Waals surface area contributed by atoms with Crippen LogP contribution >= 0.6 is 0 Å². The molecule has 0 bridgehead atoms. The van der Waals surface area contributed by atoms with E-state index >= 15 is 0 Å². The molecule has 0 atom stereocenters. The van der Waals surface area contributed by atoms with Gasteiger partial charge in [0.2, 0.25) is 5.75 Å². The number of hydrogen-bond acceptors (Lipinski definition) is 6. The highest BCUT2D eigenvalue weighted by atomic mass is 16.5. The monoisotopic (exact) mass is 392 g/mol. The quantitative estimate of drug-likeness (QED) is 0.410. The van der Waals surface area contributed by atoms with Crippen LogP contribution in [-0.4, -0.2) is 40.8 Å². The van der Waals surface area contributed by atoms with E-state index in [1.807, 2.05) is 12.1 Å². The van der Waals surface area contributed by atoms with Crippen molar-refractivity contribution in [1.82, 2.24) is 19.5 Å². The van der Waals surface area contributed by atoms with Crippen molar-refractivity contribution in [1.29, 1.82) is 0 Å². The lowest BCUT2D eigenvalue weighted by molar-refractivity contribution is 0.324. The molecule has 0 amide bonds. The molecule has 0 aliphatic carbocycles. The first kappa shape index (κ1) is 20.2. The molecular weight excluding hydrogens is 368 g/mol. The summed E-state index contributed by atoms with van der Waals surface area (Å²) in [6, 6.07) is 3.85. The number of ether oxygens (including phenoxy) is 3. The van der Waals surface area contributed by atoms with Crippen molar-refractivity contribution >= 4 is 17.2 Å². The smallest absolute Gasteiger partial charge is 0.203 e. The molecule has 0 unspecified atom stereocenters. The number of benzene rings is 1. The van der Waals surface area contributed by atoms with Gasteiger partial charge < -0.3 is 18.8 Å². The minimum atomic E-state index is 0.558. The molecule has 2 heterocycles. The van der Waals surface area contributed by atoms with Crippen LogP contribution in [0.25, 0.3) is 17.2 Å². The zero-order valence-electron chi connectivity index (χ0n) is 16.9. The molecule has 3 rings (SSSR count). The van der Waals surface area contributed by atoms with Crippen LogP contribution in [0.4, 0.5) is 0 Å². The maximum atomic E-state index is 5.47. The summed E-state index contributed by atoms with van der Waals surface area (Å²) in [5.41, 5.74) is 2.48. The van der Waals surface area contributed by atoms with E-state index in [0.717, 1.165) is 29.0 Å². The zero-order valence-corrected chi connectivity index (χ0v) is 16.9.